The quantitative estimate of drug-likeness (QED) is 0.808. The van der Waals surface area contributed by atoms with Crippen molar-refractivity contribution in [3.8, 4) is 0 Å². The van der Waals surface area contributed by atoms with Crippen molar-refractivity contribution in [2.75, 3.05) is 0 Å². The number of rotatable bonds is 5. The molecule has 2 aromatic rings. The van der Waals surface area contributed by atoms with Crippen LogP contribution in [0.3, 0.4) is 0 Å². The number of nitrogens with zero attached hydrogens (tertiary/aromatic N) is 3. The van der Waals surface area contributed by atoms with Crippen LogP contribution in [0.2, 0.25) is 0 Å². The van der Waals surface area contributed by atoms with Gasteiger partial charge < -0.3 is 9.05 Å². The van der Waals surface area contributed by atoms with Crippen molar-refractivity contribution in [1.82, 2.24) is 15.2 Å². The van der Waals surface area contributed by atoms with Gasteiger partial charge in [0.05, 0.1) is 11.4 Å². The van der Waals surface area contributed by atoms with Crippen LogP contribution >= 0.6 is 0 Å². The molecule has 2 heterocycles. The average Bonchev–Trinajstić information content (AvgIpc) is 3.03. The van der Waals surface area contributed by atoms with Crippen LogP contribution in [0.5, 0.6) is 0 Å². The second-order valence-electron chi connectivity index (χ2n) is 7.44. The summed E-state index contributed by atoms with van der Waals surface area (Å²) in [6.45, 7) is 12.2. The maximum Gasteiger partial charge on any atom is 0.138 e. The van der Waals surface area contributed by atoms with Crippen molar-refractivity contribution in [2.24, 2.45) is 5.92 Å². The monoisotopic (exact) mass is 331 g/mol. The standard InChI is InChI=1S/C19H29N3O2/c1-12-7-6-8-17(9-12)22(10-18-13(2)20-23-15(18)4)11-19-14(3)21-24-16(19)5/h12,17H,6-11H2,1-5H3. The molecular weight excluding hydrogens is 302 g/mol. The van der Waals surface area contributed by atoms with Crippen molar-refractivity contribution < 1.29 is 9.05 Å². The van der Waals surface area contributed by atoms with Gasteiger partial charge in [-0.2, -0.15) is 0 Å². The zero-order valence-corrected chi connectivity index (χ0v) is 15.6. The zero-order valence-electron chi connectivity index (χ0n) is 15.6. The van der Waals surface area contributed by atoms with Crippen LogP contribution in [0.25, 0.3) is 0 Å². The van der Waals surface area contributed by atoms with E-state index in [1.807, 2.05) is 27.7 Å². The van der Waals surface area contributed by atoms with Crippen LogP contribution in [-0.2, 0) is 13.1 Å². The largest absolute Gasteiger partial charge is 0.361 e. The Kier molecular flexibility index (Phi) is 5.09. The number of hydrogen-bond donors (Lipinski definition) is 0. The minimum absolute atomic E-state index is 0.594. The molecule has 0 aliphatic heterocycles. The van der Waals surface area contributed by atoms with Crippen LogP contribution in [0, 0.1) is 33.6 Å². The van der Waals surface area contributed by atoms with Gasteiger partial charge in [0.2, 0.25) is 0 Å². The molecule has 5 heteroatoms. The highest BCUT2D eigenvalue weighted by Gasteiger charge is 2.28. The van der Waals surface area contributed by atoms with Crippen LogP contribution in [0.15, 0.2) is 9.05 Å². The first-order chi connectivity index (χ1) is 11.5. The van der Waals surface area contributed by atoms with Crippen molar-refractivity contribution in [3.63, 3.8) is 0 Å². The van der Waals surface area contributed by atoms with Gasteiger partial charge >= 0.3 is 0 Å². The highest BCUT2D eigenvalue weighted by Crippen LogP contribution is 2.31. The molecule has 1 saturated carbocycles. The molecule has 0 aromatic carbocycles. The lowest BCUT2D eigenvalue weighted by Gasteiger charge is -2.36. The van der Waals surface area contributed by atoms with Gasteiger partial charge in [0.15, 0.2) is 0 Å². The Morgan fingerprint density at radius 2 is 1.46 bits per heavy atom. The molecule has 0 N–H and O–H groups in total. The Hall–Kier alpha value is -1.62. The lowest BCUT2D eigenvalue weighted by atomic mass is 9.85. The molecule has 1 aliphatic carbocycles. The molecule has 5 nitrogen and oxygen atoms in total. The Bertz CT molecular complexity index is 602. The number of hydrogen-bond acceptors (Lipinski definition) is 5. The Morgan fingerprint density at radius 3 is 1.88 bits per heavy atom. The van der Waals surface area contributed by atoms with Crippen LogP contribution < -0.4 is 0 Å². The van der Waals surface area contributed by atoms with Gasteiger partial charge in [-0.1, -0.05) is 30.1 Å². The maximum absolute atomic E-state index is 5.38. The van der Waals surface area contributed by atoms with Crippen LogP contribution in [0.1, 0.15) is 66.6 Å². The van der Waals surface area contributed by atoms with E-state index in [0.717, 1.165) is 41.9 Å². The molecule has 132 valence electrons. The Balaban J connectivity index is 1.85. The van der Waals surface area contributed by atoms with Gasteiger partial charge in [0.25, 0.3) is 0 Å². The fraction of sp³-hybridized carbons (Fsp3) is 0.684. The van der Waals surface area contributed by atoms with Crippen LogP contribution in [0.4, 0.5) is 0 Å². The summed E-state index contributed by atoms with van der Waals surface area (Å²) in [6.07, 6.45) is 5.18. The van der Waals surface area contributed by atoms with Gasteiger partial charge in [-0.3, -0.25) is 4.90 Å². The van der Waals surface area contributed by atoms with E-state index in [4.69, 9.17) is 9.05 Å². The first kappa shape index (κ1) is 17.2. The van der Waals surface area contributed by atoms with E-state index in [0.29, 0.717) is 6.04 Å². The topological polar surface area (TPSA) is 55.3 Å². The number of aryl methyl sites for hydroxylation is 4. The third kappa shape index (κ3) is 3.56. The third-order valence-corrected chi connectivity index (χ3v) is 5.51. The van der Waals surface area contributed by atoms with E-state index < -0.39 is 0 Å². The average molecular weight is 331 g/mol. The second kappa shape index (κ2) is 7.09. The molecular formula is C19H29N3O2. The zero-order chi connectivity index (χ0) is 17.3. The summed E-state index contributed by atoms with van der Waals surface area (Å²) in [6, 6.07) is 0.594. The molecule has 2 aromatic heterocycles. The van der Waals surface area contributed by atoms with E-state index >= 15 is 0 Å². The summed E-state index contributed by atoms with van der Waals surface area (Å²) in [5.41, 5.74) is 4.44. The maximum atomic E-state index is 5.38. The van der Waals surface area contributed by atoms with Crippen molar-refractivity contribution in [3.05, 3.63) is 34.0 Å². The van der Waals surface area contributed by atoms with E-state index in [9.17, 15) is 0 Å². The predicted molar refractivity (Wildman–Crippen MR) is 92.6 cm³/mol. The minimum Gasteiger partial charge on any atom is -0.361 e. The predicted octanol–water partition coefficient (Wildman–Crippen LogP) is 4.48. The highest BCUT2D eigenvalue weighted by molar-refractivity contribution is 5.23. The summed E-state index contributed by atoms with van der Waals surface area (Å²) in [5.74, 6) is 2.65. The Morgan fingerprint density at radius 1 is 0.917 bits per heavy atom. The fourth-order valence-corrected chi connectivity index (χ4v) is 3.91. The second-order valence-corrected chi connectivity index (χ2v) is 7.44. The van der Waals surface area contributed by atoms with Gasteiger partial charge in [0, 0.05) is 30.3 Å². The first-order valence-corrected chi connectivity index (χ1v) is 9.03. The normalized spacial score (nSPS) is 21.6. The van der Waals surface area contributed by atoms with Crippen molar-refractivity contribution >= 4 is 0 Å². The van der Waals surface area contributed by atoms with Gasteiger partial charge in [0.1, 0.15) is 11.5 Å². The molecule has 0 amide bonds. The lowest BCUT2D eigenvalue weighted by molar-refractivity contribution is 0.118. The number of aromatic nitrogens is 2. The van der Waals surface area contributed by atoms with Crippen LogP contribution in [-0.4, -0.2) is 21.3 Å². The molecule has 0 bridgehead atoms. The molecule has 2 atom stereocenters. The van der Waals surface area contributed by atoms with Gasteiger partial charge in [-0.25, -0.2) is 0 Å². The summed E-state index contributed by atoms with van der Waals surface area (Å²) in [4.78, 5) is 2.58. The molecule has 3 rings (SSSR count). The van der Waals surface area contributed by atoms with Gasteiger partial charge in [-0.15, -0.1) is 0 Å². The molecule has 0 radical (unpaired) electrons. The van der Waals surface area contributed by atoms with Crippen molar-refractivity contribution in [1.29, 1.82) is 0 Å². The van der Waals surface area contributed by atoms with E-state index in [1.165, 1.54) is 36.8 Å². The summed E-state index contributed by atoms with van der Waals surface area (Å²) < 4.78 is 10.8. The van der Waals surface area contributed by atoms with Crippen molar-refractivity contribution in [2.45, 2.75) is 79.4 Å². The van der Waals surface area contributed by atoms with Gasteiger partial charge in [-0.05, 0) is 46.5 Å². The Labute approximate surface area is 144 Å². The summed E-state index contributed by atoms with van der Waals surface area (Å²) >= 11 is 0. The summed E-state index contributed by atoms with van der Waals surface area (Å²) in [7, 11) is 0. The minimum atomic E-state index is 0.594. The fourth-order valence-electron chi connectivity index (χ4n) is 3.91. The van der Waals surface area contributed by atoms with E-state index in [2.05, 4.69) is 22.1 Å². The van der Waals surface area contributed by atoms with E-state index in [1.54, 1.807) is 0 Å². The first-order valence-electron chi connectivity index (χ1n) is 9.03. The molecule has 1 fully saturated rings. The van der Waals surface area contributed by atoms with E-state index in [-0.39, 0.29) is 0 Å². The molecule has 24 heavy (non-hydrogen) atoms. The SMILES string of the molecule is Cc1noc(C)c1CN(Cc1c(C)noc1C)C1CCCC(C)C1. The highest BCUT2D eigenvalue weighted by atomic mass is 16.5. The smallest absolute Gasteiger partial charge is 0.138 e. The molecule has 2 unspecified atom stereocenters. The molecule has 0 saturated heterocycles. The third-order valence-electron chi connectivity index (χ3n) is 5.51. The molecule has 1 aliphatic rings. The lowest BCUT2D eigenvalue weighted by Crippen LogP contribution is -2.38. The summed E-state index contributed by atoms with van der Waals surface area (Å²) in [5, 5.41) is 8.26. The molecule has 0 spiro atoms.